The Morgan fingerprint density at radius 1 is 1.02 bits per heavy atom. The molecule has 4 aromatic rings. The highest BCUT2D eigenvalue weighted by molar-refractivity contribution is 6.00. The molecule has 2 bridgehead atoms. The van der Waals surface area contributed by atoms with Crippen molar-refractivity contribution < 1.29 is 14.4 Å². The van der Waals surface area contributed by atoms with Crippen LogP contribution < -0.4 is 10.6 Å². The van der Waals surface area contributed by atoms with E-state index in [1.165, 1.54) is 0 Å². The van der Waals surface area contributed by atoms with Gasteiger partial charge in [0.1, 0.15) is 11.4 Å². The Balaban J connectivity index is 1.22. The number of hydrogen-bond donors (Lipinski definition) is 3. The first-order valence-electron chi connectivity index (χ1n) is 15.9. The fourth-order valence-corrected chi connectivity index (χ4v) is 7.10. The number of rotatable bonds is 10. The summed E-state index contributed by atoms with van der Waals surface area (Å²) in [4.78, 5) is 31.9. The van der Waals surface area contributed by atoms with Crippen LogP contribution in [-0.4, -0.2) is 73.7 Å². The molecule has 234 valence electrons. The van der Waals surface area contributed by atoms with Gasteiger partial charge in [0.25, 0.3) is 11.8 Å². The Labute approximate surface area is 263 Å². The number of aliphatic hydroxyl groups excluding tert-OH is 1. The quantitative estimate of drug-likeness (QED) is 0.219. The minimum atomic E-state index is -0.425. The predicted octanol–water partition coefficient (Wildman–Crippen LogP) is 5.25. The first kappa shape index (κ1) is 29.4. The minimum Gasteiger partial charge on any atom is -0.394 e. The van der Waals surface area contributed by atoms with Gasteiger partial charge in [-0.1, -0.05) is 42.4 Å². The fourth-order valence-electron chi connectivity index (χ4n) is 7.10. The van der Waals surface area contributed by atoms with Crippen molar-refractivity contribution in [1.29, 1.82) is 0 Å². The molecule has 11 heteroatoms. The van der Waals surface area contributed by atoms with Gasteiger partial charge in [-0.25, -0.2) is 4.98 Å². The lowest BCUT2D eigenvalue weighted by Crippen LogP contribution is -2.51. The molecular formula is C34H40N8O3. The summed E-state index contributed by atoms with van der Waals surface area (Å²) in [5.74, 6) is 1.98. The summed E-state index contributed by atoms with van der Waals surface area (Å²) in [5.41, 5.74) is 3.47. The summed E-state index contributed by atoms with van der Waals surface area (Å²) in [6.07, 6.45) is 5.64. The van der Waals surface area contributed by atoms with Gasteiger partial charge in [0, 0.05) is 29.4 Å². The number of piperidine rings is 3. The molecule has 0 radical (unpaired) electrons. The van der Waals surface area contributed by atoms with Crippen LogP contribution in [0.4, 0.5) is 17.5 Å². The van der Waals surface area contributed by atoms with Crippen LogP contribution in [0.15, 0.2) is 59.3 Å². The Morgan fingerprint density at radius 3 is 2.49 bits per heavy atom. The average molecular weight is 609 g/mol. The molecule has 3 fully saturated rings. The van der Waals surface area contributed by atoms with E-state index in [9.17, 15) is 9.90 Å². The second-order valence-corrected chi connectivity index (χ2v) is 12.9. The molecule has 1 atom stereocenters. The topological polar surface area (TPSA) is 133 Å². The molecule has 4 aliphatic heterocycles. The van der Waals surface area contributed by atoms with Crippen molar-refractivity contribution in [2.45, 2.75) is 63.5 Å². The zero-order chi connectivity index (χ0) is 31.2. The van der Waals surface area contributed by atoms with E-state index in [1.807, 2.05) is 53.4 Å². The van der Waals surface area contributed by atoms with Crippen LogP contribution in [0.1, 0.15) is 79.8 Å². The van der Waals surface area contributed by atoms with Crippen LogP contribution in [0.2, 0.25) is 0 Å². The number of amides is 1. The number of hydrogen-bond acceptors (Lipinski definition) is 10. The summed E-state index contributed by atoms with van der Waals surface area (Å²) in [7, 11) is 0. The lowest BCUT2D eigenvalue weighted by atomic mass is 9.71. The van der Waals surface area contributed by atoms with E-state index in [0.29, 0.717) is 29.8 Å². The molecule has 0 saturated carbocycles. The van der Waals surface area contributed by atoms with E-state index in [4.69, 9.17) is 14.5 Å². The van der Waals surface area contributed by atoms with Crippen molar-refractivity contribution in [3.05, 3.63) is 77.2 Å². The van der Waals surface area contributed by atoms with E-state index in [0.717, 1.165) is 73.5 Å². The lowest BCUT2D eigenvalue weighted by molar-refractivity contribution is 0.0619. The van der Waals surface area contributed by atoms with Crippen LogP contribution in [0.25, 0.3) is 11.5 Å². The standard InChI is InChI=1S/C34H40N8O3/c1-4-15-42-30(44)24-11-10-23(19-26(24)33(42,2)3)36-32-35-20-25(28(38-32)37-27(21-43)22-8-6-5-7-9-22)29-39-31(40-45-29)34-12-16-41(17-13-34)18-14-34/h5-11,19-20,27,43H,4,12-18,21H2,1-3H3,(H2,35,36,37,38)/t27-/m1/s1. The first-order chi connectivity index (χ1) is 21.8. The molecule has 1 amide bonds. The van der Waals surface area contributed by atoms with Crippen molar-refractivity contribution >= 4 is 23.4 Å². The molecule has 2 aromatic heterocycles. The third-order valence-corrected chi connectivity index (χ3v) is 9.87. The highest BCUT2D eigenvalue weighted by atomic mass is 16.5. The lowest BCUT2D eigenvalue weighted by Gasteiger charge is -2.46. The maximum Gasteiger partial charge on any atom is 0.263 e. The van der Waals surface area contributed by atoms with Gasteiger partial charge in [0.15, 0.2) is 5.82 Å². The summed E-state index contributed by atoms with van der Waals surface area (Å²) in [6.45, 7) is 9.97. The highest BCUT2D eigenvalue weighted by Crippen LogP contribution is 2.43. The predicted molar refractivity (Wildman–Crippen MR) is 171 cm³/mol. The molecule has 4 aliphatic rings. The largest absolute Gasteiger partial charge is 0.394 e. The molecule has 6 heterocycles. The normalized spacial score (nSPS) is 22.4. The molecule has 0 spiro atoms. The summed E-state index contributed by atoms with van der Waals surface area (Å²) in [5, 5.41) is 21.6. The molecule has 8 rings (SSSR count). The van der Waals surface area contributed by atoms with Gasteiger partial charge >= 0.3 is 0 Å². The maximum absolute atomic E-state index is 13.1. The van der Waals surface area contributed by atoms with Gasteiger partial charge in [-0.3, -0.25) is 4.79 Å². The van der Waals surface area contributed by atoms with Gasteiger partial charge in [-0.05, 0) is 88.5 Å². The Morgan fingerprint density at radius 2 is 1.78 bits per heavy atom. The van der Waals surface area contributed by atoms with Gasteiger partial charge in [-0.15, -0.1) is 0 Å². The zero-order valence-electron chi connectivity index (χ0n) is 26.1. The van der Waals surface area contributed by atoms with E-state index in [2.05, 4.69) is 46.4 Å². The number of nitrogens with one attached hydrogen (secondary N) is 2. The average Bonchev–Trinajstić information content (AvgIpc) is 3.64. The van der Waals surface area contributed by atoms with Crippen LogP contribution >= 0.6 is 0 Å². The fraction of sp³-hybridized carbons (Fsp3) is 0.441. The number of carbonyl (C=O) groups excluding carboxylic acids is 1. The summed E-state index contributed by atoms with van der Waals surface area (Å²) >= 11 is 0. The van der Waals surface area contributed by atoms with Crippen LogP contribution in [0, 0.1) is 0 Å². The molecule has 3 N–H and O–H groups in total. The monoisotopic (exact) mass is 608 g/mol. The highest BCUT2D eigenvalue weighted by Gasteiger charge is 2.45. The van der Waals surface area contributed by atoms with Gasteiger partial charge in [0.2, 0.25) is 5.95 Å². The van der Waals surface area contributed by atoms with Crippen molar-refractivity contribution in [3.63, 3.8) is 0 Å². The van der Waals surface area contributed by atoms with Crippen molar-refractivity contribution in [1.82, 2.24) is 29.9 Å². The van der Waals surface area contributed by atoms with Gasteiger partial charge < -0.3 is 30.1 Å². The van der Waals surface area contributed by atoms with Crippen molar-refractivity contribution in [2.75, 3.05) is 43.4 Å². The second-order valence-electron chi connectivity index (χ2n) is 12.9. The van der Waals surface area contributed by atoms with Crippen molar-refractivity contribution in [3.8, 4) is 11.5 Å². The second kappa shape index (κ2) is 11.5. The number of aromatic nitrogens is 4. The molecule has 2 aromatic carbocycles. The summed E-state index contributed by atoms with van der Waals surface area (Å²) < 4.78 is 5.87. The van der Waals surface area contributed by atoms with Crippen LogP contribution in [-0.2, 0) is 11.0 Å². The number of anilines is 3. The molecule has 11 nitrogen and oxygen atoms in total. The number of carbonyl (C=O) groups is 1. The Bertz CT molecular complexity index is 1680. The number of benzene rings is 2. The van der Waals surface area contributed by atoms with E-state index in [1.54, 1.807) is 6.20 Å². The zero-order valence-corrected chi connectivity index (χ0v) is 26.1. The number of nitrogens with zero attached hydrogens (tertiary/aromatic N) is 6. The Hall–Kier alpha value is -4.35. The minimum absolute atomic E-state index is 0.0560. The Kier molecular flexibility index (Phi) is 7.53. The van der Waals surface area contributed by atoms with Crippen LogP contribution in [0.5, 0.6) is 0 Å². The molecular weight excluding hydrogens is 568 g/mol. The van der Waals surface area contributed by atoms with Crippen molar-refractivity contribution in [2.24, 2.45) is 0 Å². The van der Waals surface area contributed by atoms with E-state index in [-0.39, 0.29) is 17.9 Å². The third kappa shape index (κ3) is 5.23. The number of fused-ring (bicyclic) bond motifs is 4. The molecule has 45 heavy (non-hydrogen) atoms. The van der Waals surface area contributed by atoms with Crippen LogP contribution in [0.3, 0.4) is 0 Å². The van der Waals surface area contributed by atoms with Gasteiger partial charge in [-0.2, -0.15) is 9.97 Å². The SMILES string of the molecule is CCCN1C(=O)c2ccc(Nc3ncc(-c4nc(C56CCN(CC5)CC6)no4)c(N[C@H](CO)c4ccccc4)n3)cc2C1(C)C. The smallest absolute Gasteiger partial charge is 0.263 e. The van der Waals surface area contributed by atoms with E-state index < -0.39 is 11.6 Å². The molecule has 0 aliphatic carbocycles. The number of aliphatic hydroxyl groups is 1. The third-order valence-electron chi connectivity index (χ3n) is 9.87. The summed E-state index contributed by atoms with van der Waals surface area (Å²) in [6, 6.07) is 15.1. The first-order valence-corrected chi connectivity index (χ1v) is 15.9. The molecule has 0 unspecified atom stereocenters. The van der Waals surface area contributed by atoms with Gasteiger partial charge in [0.05, 0.1) is 18.2 Å². The van der Waals surface area contributed by atoms with E-state index >= 15 is 0 Å². The molecule has 3 saturated heterocycles. The maximum atomic E-state index is 13.1.